The average Bonchev–Trinajstić information content (AvgIpc) is 2.63. The van der Waals surface area contributed by atoms with Crippen LogP contribution in [0.1, 0.15) is 10.4 Å². The molecule has 0 aliphatic carbocycles. The highest BCUT2D eigenvalue weighted by molar-refractivity contribution is 6.30. The summed E-state index contributed by atoms with van der Waals surface area (Å²) in [6.07, 6.45) is 2.98. The summed E-state index contributed by atoms with van der Waals surface area (Å²) in [7, 11) is 1.55. The summed E-state index contributed by atoms with van der Waals surface area (Å²) in [4.78, 5) is 20.8. The number of hydrogen-bond acceptors (Lipinski definition) is 4. The third-order valence-corrected chi connectivity index (χ3v) is 3.62. The molecule has 24 heavy (non-hydrogen) atoms. The largest absolute Gasteiger partial charge is 0.495 e. The van der Waals surface area contributed by atoms with Crippen LogP contribution in [-0.2, 0) is 0 Å². The Morgan fingerprint density at radius 2 is 1.71 bits per heavy atom. The Balaban J connectivity index is 1.77. The zero-order chi connectivity index (χ0) is 16.9. The summed E-state index contributed by atoms with van der Waals surface area (Å²) in [6, 6.07) is 14.4. The maximum atomic E-state index is 12.3. The lowest BCUT2D eigenvalue weighted by Crippen LogP contribution is -2.13. The Morgan fingerprint density at radius 1 is 1.04 bits per heavy atom. The van der Waals surface area contributed by atoms with Crippen molar-refractivity contribution in [3.63, 3.8) is 0 Å². The number of carbonyl (C=O) groups excluding carboxylic acids is 1. The van der Waals surface area contributed by atoms with Gasteiger partial charge < -0.3 is 10.1 Å². The second-order valence-corrected chi connectivity index (χ2v) is 5.39. The van der Waals surface area contributed by atoms with Gasteiger partial charge in [-0.25, -0.2) is 9.97 Å². The van der Waals surface area contributed by atoms with Crippen LogP contribution in [0.5, 0.6) is 5.75 Å². The number of methoxy groups -OCH3 is 1. The smallest absolute Gasteiger partial charge is 0.258 e. The van der Waals surface area contributed by atoms with E-state index in [1.165, 1.54) is 12.4 Å². The van der Waals surface area contributed by atoms with Gasteiger partial charge in [0.25, 0.3) is 5.91 Å². The minimum atomic E-state index is -0.304. The van der Waals surface area contributed by atoms with Crippen molar-refractivity contribution in [1.29, 1.82) is 0 Å². The molecule has 6 heteroatoms. The third-order valence-electron chi connectivity index (χ3n) is 3.37. The maximum absolute atomic E-state index is 12.3. The van der Waals surface area contributed by atoms with Crippen LogP contribution in [0.3, 0.4) is 0 Å². The molecule has 0 aliphatic rings. The molecule has 0 aliphatic heterocycles. The second-order valence-electron chi connectivity index (χ2n) is 4.96. The van der Waals surface area contributed by atoms with Gasteiger partial charge in [-0.3, -0.25) is 4.79 Å². The highest BCUT2D eigenvalue weighted by Crippen LogP contribution is 2.23. The second kappa shape index (κ2) is 7.10. The summed E-state index contributed by atoms with van der Waals surface area (Å²) >= 11 is 5.86. The number of aromatic nitrogens is 2. The van der Waals surface area contributed by atoms with E-state index in [-0.39, 0.29) is 5.91 Å². The summed E-state index contributed by atoms with van der Waals surface area (Å²) in [5, 5.41) is 3.43. The van der Waals surface area contributed by atoms with Crippen LogP contribution in [0.25, 0.3) is 11.4 Å². The average molecular weight is 340 g/mol. The number of rotatable bonds is 4. The van der Waals surface area contributed by atoms with E-state index in [4.69, 9.17) is 16.3 Å². The fourth-order valence-electron chi connectivity index (χ4n) is 2.14. The lowest BCUT2D eigenvalue weighted by Gasteiger charge is -2.09. The SMILES string of the molecule is COc1ccccc1NC(=O)c1cnc(-c2ccc(Cl)cc2)nc1. The van der Waals surface area contributed by atoms with Crippen molar-refractivity contribution < 1.29 is 9.53 Å². The lowest BCUT2D eigenvalue weighted by atomic mass is 10.2. The molecule has 1 N–H and O–H groups in total. The molecule has 0 saturated heterocycles. The number of anilines is 1. The first-order valence-corrected chi connectivity index (χ1v) is 7.57. The van der Waals surface area contributed by atoms with Crippen molar-refractivity contribution in [1.82, 2.24) is 9.97 Å². The van der Waals surface area contributed by atoms with Gasteiger partial charge in [0.1, 0.15) is 5.75 Å². The van der Waals surface area contributed by atoms with E-state index < -0.39 is 0 Å². The standard InChI is InChI=1S/C18H14ClN3O2/c1-24-16-5-3-2-4-15(16)22-18(23)13-10-20-17(21-11-13)12-6-8-14(19)9-7-12/h2-11H,1H3,(H,22,23). The molecular weight excluding hydrogens is 326 g/mol. The molecule has 0 atom stereocenters. The van der Waals surface area contributed by atoms with E-state index in [9.17, 15) is 4.79 Å². The minimum absolute atomic E-state index is 0.304. The van der Waals surface area contributed by atoms with Gasteiger partial charge in [-0.2, -0.15) is 0 Å². The summed E-state index contributed by atoms with van der Waals surface area (Å²) in [6.45, 7) is 0. The number of nitrogens with zero attached hydrogens (tertiary/aromatic N) is 2. The predicted octanol–water partition coefficient (Wildman–Crippen LogP) is 4.06. The molecule has 0 unspecified atom stereocenters. The van der Waals surface area contributed by atoms with E-state index in [1.807, 2.05) is 24.3 Å². The predicted molar refractivity (Wildman–Crippen MR) is 93.4 cm³/mol. The zero-order valence-corrected chi connectivity index (χ0v) is 13.6. The lowest BCUT2D eigenvalue weighted by molar-refractivity contribution is 0.102. The van der Waals surface area contributed by atoms with Gasteiger partial charge in [-0.15, -0.1) is 0 Å². The molecular formula is C18H14ClN3O2. The number of amides is 1. The number of para-hydroxylation sites is 2. The molecule has 2 aromatic carbocycles. The van der Waals surface area contributed by atoms with Crippen molar-refractivity contribution in [3.8, 4) is 17.1 Å². The fourth-order valence-corrected chi connectivity index (χ4v) is 2.26. The van der Waals surface area contributed by atoms with Gasteiger partial charge in [0.15, 0.2) is 5.82 Å². The molecule has 3 rings (SSSR count). The van der Waals surface area contributed by atoms with Crippen LogP contribution in [0.2, 0.25) is 5.02 Å². The molecule has 5 nitrogen and oxygen atoms in total. The van der Waals surface area contributed by atoms with Crippen LogP contribution in [0.4, 0.5) is 5.69 Å². The topological polar surface area (TPSA) is 64.1 Å². The van der Waals surface area contributed by atoms with Crippen LogP contribution in [0.15, 0.2) is 60.9 Å². The number of ether oxygens (including phenoxy) is 1. The normalized spacial score (nSPS) is 10.2. The first-order chi connectivity index (χ1) is 11.7. The Labute approximate surface area is 144 Å². The summed E-state index contributed by atoms with van der Waals surface area (Å²) < 4.78 is 5.21. The van der Waals surface area contributed by atoms with E-state index in [0.717, 1.165) is 5.56 Å². The molecule has 120 valence electrons. The Bertz CT molecular complexity index is 849. The molecule has 1 amide bonds. The number of halogens is 1. The Hall–Kier alpha value is -2.92. The van der Waals surface area contributed by atoms with Gasteiger partial charge >= 0.3 is 0 Å². The highest BCUT2D eigenvalue weighted by Gasteiger charge is 2.11. The molecule has 3 aromatic rings. The van der Waals surface area contributed by atoms with Crippen molar-refractivity contribution in [2.75, 3.05) is 12.4 Å². The number of carbonyl (C=O) groups is 1. The van der Waals surface area contributed by atoms with Crippen LogP contribution < -0.4 is 10.1 Å². The molecule has 0 bridgehead atoms. The first-order valence-electron chi connectivity index (χ1n) is 7.20. The van der Waals surface area contributed by atoms with Gasteiger partial charge in [-0.1, -0.05) is 23.7 Å². The zero-order valence-electron chi connectivity index (χ0n) is 12.9. The first kappa shape index (κ1) is 16.0. The summed E-state index contributed by atoms with van der Waals surface area (Å²) in [5.41, 5.74) is 1.78. The van der Waals surface area contributed by atoms with Crippen LogP contribution in [0, 0.1) is 0 Å². The molecule has 1 aromatic heterocycles. The Morgan fingerprint density at radius 3 is 2.38 bits per heavy atom. The van der Waals surface area contributed by atoms with Gasteiger partial charge in [0, 0.05) is 23.0 Å². The fraction of sp³-hybridized carbons (Fsp3) is 0.0556. The minimum Gasteiger partial charge on any atom is -0.495 e. The van der Waals surface area contributed by atoms with E-state index in [1.54, 1.807) is 31.4 Å². The van der Waals surface area contributed by atoms with Crippen molar-refractivity contribution in [2.45, 2.75) is 0 Å². The monoisotopic (exact) mass is 339 g/mol. The van der Waals surface area contributed by atoms with E-state index in [0.29, 0.717) is 27.8 Å². The number of benzene rings is 2. The third kappa shape index (κ3) is 3.52. The van der Waals surface area contributed by atoms with Gasteiger partial charge in [0.05, 0.1) is 18.4 Å². The van der Waals surface area contributed by atoms with Gasteiger partial charge in [0.2, 0.25) is 0 Å². The van der Waals surface area contributed by atoms with Crippen molar-refractivity contribution >= 4 is 23.2 Å². The van der Waals surface area contributed by atoms with Crippen molar-refractivity contribution in [3.05, 3.63) is 71.5 Å². The number of hydrogen-bond donors (Lipinski definition) is 1. The van der Waals surface area contributed by atoms with Crippen LogP contribution >= 0.6 is 11.6 Å². The molecule has 0 saturated carbocycles. The van der Waals surface area contributed by atoms with Crippen molar-refractivity contribution in [2.24, 2.45) is 0 Å². The molecule has 0 spiro atoms. The van der Waals surface area contributed by atoms with E-state index in [2.05, 4.69) is 15.3 Å². The molecule has 0 radical (unpaired) electrons. The molecule has 1 heterocycles. The quantitative estimate of drug-likeness (QED) is 0.778. The number of nitrogens with one attached hydrogen (secondary N) is 1. The van der Waals surface area contributed by atoms with Crippen LogP contribution in [-0.4, -0.2) is 23.0 Å². The van der Waals surface area contributed by atoms with Gasteiger partial charge in [-0.05, 0) is 36.4 Å². The Kier molecular flexibility index (Phi) is 4.72. The molecule has 0 fully saturated rings. The van der Waals surface area contributed by atoms with E-state index >= 15 is 0 Å². The highest BCUT2D eigenvalue weighted by atomic mass is 35.5. The maximum Gasteiger partial charge on any atom is 0.258 e. The summed E-state index contributed by atoms with van der Waals surface area (Å²) in [5.74, 6) is 0.812.